The summed E-state index contributed by atoms with van der Waals surface area (Å²) in [4.78, 5) is 12.5. The molecule has 3 rings (SSSR count). The number of likely N-dealkylation sites (tertiary alicyclic amines) is 1. The number of nitrogens with one attached hydrogen (secondary N) is 1. The number of halogens is 1. The molecule has 1 aliphatic carbocycles. The second kappa shape index (κ2) is 10.3. The third-order valence-corrected chi connectivity index (χ3v) is 6.23. The molecule has 0 unspecified atom stereocenters. The second-order valence-electron chi connectivity index (χ2n) is 8.11. The van der Waals surface area contributed by atoms with Gasteiger partial charge in [0.2, 0.25) is 0 Å². The Morgan fingerprint density at radius 1 is 1.00 bits per heavy atom. The Bertz CT molecular complexity index is 422. The van der Waals surface area contributed by atoms with Gasteiger partial charge in [0.15, 0.2) is 5.96 Å². The maximum absolute atomic E-state index is 4.97. The van der Waals surface area contributed by atoms with Crippen LogP contribution in [0.2, 0.25) is 0 Å². The molecule has 1 saturated carbocycles. The van der Waals surface area contributed by atoms with E-state index in [1.54, 1.807) is 0 Å². The van der Waals surface area contributed by atoms with E-state index in [0.29, 0.717) is 5.41 Å². The minimum Gasteiger partial charge on any atom is -0.357 e. The van der Waals surface area contributed by atoms with Crippen molar-refractivity contribution in [3.8, 4) is 0 Å². The summed E-state index contributed by atoms with van der Waals surface area (Å²) in [5.74, 6) is 1.16. The number of hydrogen-bond donors (Lipinski definition) is 1. The maximum atomic E-state index is 4.97. The van der Waals surface area contributed by atoms with Gasteiger partial charge in [0, 0.05) is 39.3 Å². The fourth-order valence-corrected chi connectivity index (χ4v) is 4.70. The van der Waals surface area contributed by atoms with Gasteiger partial charge in [-0.3, -0.25) is 4.99 Å². The van der Waals surface area contributed by atoms with Crippen molar-refractivity contribution in [2.45, 2.75) is 45.4 Å². The molecule has 0 bridgehead atoms. The molecule has 5 nitrogen and oxygen atoms in total. The molecule has 0 aromatic heterocycles. The van der Waals surface area contributed by atoms with Crippen molar-refractivity contribution < 1.29 is 0 Å². The van der Waals surface area contributed by atoms with E-state index in [1.807, 2.05) is 0 Å². The molecule has 0 aromatic rings. The van der Waals surface area contributed by atoms with Crippen LogP contribution in [0.5, 0.6) is 0 Å². The summed E-state index contributed by atoms with van der Waals surface area (Å²) < 4.78 is 0. The van der Waals surface area contributed by atoms with Crippen LogP contribution < -0.4 is 5.32 Å². The van der Waals surface area contributed by atoms with Crippen molar-refractivity contribution in [3.05, 3.63) is 0 Å². The highest BCUT2D eigenvalue weighted by Crippen LogP contribution is 2.45. The molecular weight excluding hydrogens is 425 g/mol. The lowest BCUT2D eigenvalue weighted by atomic mass is 9.86. The zero-order valence-corrected chi connectivity index (χ0v) is 18.6. The standard InChI is InChI=1S/C19H37N5.HI/c1-3-20-18(24-13-9-19(17-24)7-4-5-8-19)21-10-14-23-12-6-11-22(2)15-16-23;/h3-17H2,1-2H3,(H,20,21);1H. The molecule has 146 valence electrons. The van der Waals surface area contributed by atoms with Crippen LogP contribution in [0.4, 0.5) is 0 Å². The number of guanidine groups is 1. The fourth-order valence-electron chi connectivity index (χ4n) is 4.70. The Morgan fingerprint density at radius 3 is 2.56 bits per heavy atom. The molecule has 0 radical (unpaired) electrons. The van der Waals surface area contributed by atoms with Crippen molar-refractivity contribution in [2.24, 2.45) is 10.4 Å². The summed E-state index contributed by atoms with van der Waals surface area (Å²) in [6.45, 7) is 12.4. The average molecular weight is 463 g/mol. The number of aliphatic imine (C=N–C) groups is 1. The average Bonchev–Trinajstić information content (AvgIpc) is 3.16. The number of nitrogens with zero attached hydrogens (tertiary/aromatic N) is 4. The smallest absolute Gasteiger partial charge is 0.193 e. The Balaban J connectivity index is 0.00000225. The van der Waals surface area contributed by atoms with E-state index in [4.69, 9.17) is 4.99 Å². The summed E-state index contributed by atoms with van der Waals surface area (Å²) in [5.41, 5.74) is 0.617. The van der Waals surface area contributed by atoms with Gasteiger partial charge in [0.05, 0.1) is 6.54 Å². The highest BCUT2D eigenvalue weighted by molar-refractivity contribution is 14.0. The first-order valence-corrected chi connectivity index (χ1v) is 10.1. The third-order valence-electron chi connectivity index (χ3n) is 6.23. The molecule has 2 saturated heterocycles. The molecule has 1 N–H and O–H groups in total. The van der Waals surface area contributed by atoms with Gasteiger partial charge in [0.1, 0.15) is 0 Å². The highest BCUT2D eigenvalue weighted by Gasteiger charge is 2.41. The summed E-state index contributed by atoms with van der Waals surface area (Å²) in [5, 5.41) is 3.54. The van der Waals surface area contributed by atoms with Gasteiger partial charge in [-0.15, -0.1) is 24.0 Å². The highest BCUT2D eigenvalue weighted by atomic mass is 127. The van der Waals surface area contributed by atoms with Gasteiger partial charge in [-0.2, -0.15) is 0 Å². The van der Waals surface area contributed by atoms with Gasteiger partial charge in [-0.1, -0.05) is 12.8 Å². The van der Waals surface area contributed by atoms with Crippen LogP contribution >= 0.6 is 24.0 Å². The van der Waals surface area contributed by atoms with Crippen LogP contribution in [0.1, 0.15) is 45.4 Å². The summed E-state index contributed by atoms with van der Waals surface area (Å²) >= 11 is 0. The Hall–Kier alpha value is -0.0800. The van der Waals surface area contributed by atoms with Crippen LogP contribution in [0.25, 0.3) is 0 Å². The SMILES string of the molecule is CCNC(=NCCN1CCCN(C)CC1)N1CCC2(CCCC2)C1.I. The van der Waals surface area contributed by atoms with E-state index in [-0.39, 0.29) is 24.0 Å². The first-order valence-electron chi connectivity index (χ1n) is 10.1. The third kappa shape index (κ3) is 5.96. The molecule has 3 fully saturated rings. The van der Waals surface area contributed by atoms with Crippen molar-refractivity contribution in [2.75, 3.05) is 66.0 Å². The summed E-state index contributed by atoms with van der Waals surface area (Å²) in [7, 11) is 2.23. The monoisotopic (exact) mass is 463 g/mol. The van der Waals surface area contributed by atoms with E-state index >= 15 is 0 Å². The Labute approximate surface area is 171 Å². The van der Waals surface area contributed by atoms with Gasteiger partial charge < -0.3 is 20.0 Å². The largest absolute Gasteiger partial charge is 0.357 e. The first-order chi connectivity index (χ1) is 11.7. The quantitative estimate of drug-likeness (QED) is 0.395. The van der Waals surface area contributed by atoms with E-state index in [1.165, 1.54) is 77.8 Å². The van der Waals surface area contributed by atoms with Crippen molar-refractivity contribution in [3.63, 3.8) is 0 Å². The van der Waals surface area contributed by atoms with Gasteiger partial charge in [-0.25, -0.2) is 0 Å². The normalized spacial score (nSPS) is 25.2. The second-order valence-corrected chi connectivity index (χ2v) is 8.11. The molecule has 0 aromatic carbocycles. The van der Waals surface area contributed by atoms with E-state index in [2.05, 4.69) is 34.0 Å². The Kier molecular flexibility index (Phi) is 8.75. The summed E-state index contributed by atoms with van der Waals surface area (Å²) in [6, 6.07) is 0. The topological polar surface area (TPSA) is 34.1 Å². The predicted octanol–water partition coefficient (Wildman–Crippen LogP) is 2.47. The van der Waals surface area contributed by atoms with Crippen LogP contribution in [0, 0.1) is 5.41 Å². The zero-order chi connectivity index (χ0) is 16.8. The lowest BCUT2D eigenvalue weighted by Gasteiger charge is -2.26. The van der Waals surface area contributed by atoms with E-state index < -0.39 is 0 Å². The van der Waals surface area contributed by atoms with Crippen molar-refractivity contribution in [1.29, 1.82) is 0 Å². The fraction of sp³-hybridized carbons (Fsp3) is 0.947. The van der Waals surface area contributed by atoms with Crippen molar-refractivity contribution >= 4 is 29.9 Å². The van der Waals surface area contributed by atoms with Gasteiger partial charge in [0.25, 0.3) is 0 Å². The number of rotatable bonds is 4. The molecule has 2 heterocycles. The number of likely N-dealkylation sites (N-methyl/N-ethyl adjacent to an activating group) is 1. The molecule has 1 spiro atoms. The van der Waals surface area contributed by atoms with E-state index in [0.717, 1.165) is 25.6 Å². The van der Waals surface area contributed by atoms with Crippen LogP contribution in [0.15, 0.2) is 4.99 Å². The molecule has 25 heavy (non-hydrogen) atoms. The predicted molar refractivity (Wildman–Crippen MR) is 117 cm³/mol. The molecule has 6 heteroatoms. The lowest BCUT2D eigenvalue weighted by Crippen LogP contribution is -2.41. The van der Waals surface area contributed by atoms with E-state index in [9.17, 15) is 0 Å². The van der Waals surface area contributed by atoms with Crippen molar-refractivity contribution in [1.82, 2.24) is 20.0 Å². The molecule has 3 aliphatic rings. The maximum Gasteiger partial charge on any atom is 0.193 e. The minimum atomic E-state index is 0. The van der Waals surface area contributed by atoms with Gasteiger partial charge >= 0.3 is 0 Å². The van der Waals surface area contributed by atoms with Crippen LogP contribution in [0.3, 0.4) is 0 Å². The van der Waals surface area contributed by atoms with Crippen LogP contribution in [-0.4, -0.2) is 86.6 Å². The number of hydrogen-bond acceptors (Lipinski definition) is 3. The molecule has 0 amide bonds. The first kappa shape index (κ1) is 21.2. The summed E-state index contributed by atoms with van der Waals surface area (Å²) in [6.07, 6.45) is 8.40. The zero-order valence-electron chi connectivity index (χ0n) is 16.3. The minimum absolute atomic E-state index is 0. The Morgan fingerprint density at radius 2 is 1.80 bits per heavy atom. The molecule has 0 atom stereocenters. The van der Waals surface area contributed by atoms with Crippen LogP contribution in [-0.2, 0) is 0 Å². The molecule has 2 aliphatic heterocycles. The van der Waals surface area contributed by atoms with Gasteiger partial charge in [-0.05, 0) is 58.2 Å². The lowest BCUT2D eigenvalue weighted by molar-refractivity contribution is 0.282. The molecular formula is C19H38IN5.